The molecule has 0 aliphatic heterocycles. The lowest BCUT2D eigenvalue weighted by Gasteiger charge is -2.23. The fourth-order valence-corrected chi connectivity index (χ4v) is 2.38. The highest BCUT2D eigenvalue weighted by Crippen LogP contribution is 2.23. The predicted octanol–water partition coefficient (Wildman–Crippen LogP) is 4.52. The van der Waals surface area contributed by atoms with E-state index < -0.39 is 11.6 Å². The molecule has 1 atom stereocenters. The first-order valence-corrected chi connectivity index (χ1v) is 8.02. The van der Waals surface area contributed by atoms with Crippen LogP contribution in [0.2, 0.25) is 0 Å². The van der Waals surface area contributed by atoms with Gasteiger partial charge in [0.2, 0.25) is 0 Å². The monoisotopic (exact) mass is 272 g/mol. The maximum atomic E-state index is 11.2. The second-order valence-corrected chi connectivity index (χ2v) is 5.67. The first-order chi connectivity index (χ1) is 9.06. The predicted molar refractivity (Wildman–Crippen MR) is 79.3 cm³/mol. The minimum Gasteiger partial charge on any atom is -0.479 e. The van der Waals surface area contributed by atoms with Gasteiger partial charge in [0.05, 0.1) is 0 Å². The van der Waals surface area contributed by atoms with E-state index in [-0.39, 0.29) is 0 Å². The zero-order chi connectivity index (χ0) is 14.6. The van der Waals surface area contributed by atoms with E-state index in [0.717, 1.165) is 44.9 Å². The Labute approximate surface area is 118 Å². The molecule has 19 heavy (non-hydrogen) atoms. The van der Waals surface area contributed by atoms with Gasteiger partial charge in [0.1, 0.15) is 0 Å². The van der Waals surface area contributed by atoms with Crippen molar-refractivity contribution in [2.75, 3.05) is 0 Å². The molecule has 0 spiro atoms. The minimum atomic E-state index is -1.49. The maximum Gasteiger partial charge on any atom is 0.335 e. The van der Waals surface area contributed by atoms with E-state index in [1.165, 1.54) is 19.3 Å². The number of hydrogen-bond donors (Lipinski definition) is 2. The molecule has 0 bridgehead atoms. The molecule has 1 unspecified atom stereocenters. The number of rotatable bonds is 13. The van der Waals surface area contributed by atoms with E-state index in [2.05, 4.69) is 13.8 Å². The molecule has 114 valence electrons. The topological polar surface area (TPSA) is 57.5 Å². The quantitative estimate of drug-likeness (QED) is 0.484. The van der Waals surface area contributed by atoms with Gasteiger partial charge in [-0.3, -0.25) is 0 Å². The zero-order valence-corrected chi connectivity index (χ0v) is 12.8. The summed E-state index contributed by atoms with van der Waals surface area (Å²) in [6.07, 6.45) is 11.6. The Morgan fingerprint density at radius 1 is 0.789 bits per heavy atom. The molecule has 3 nitrogen and oxygen atoms in total. The Bertz CT molecular complexity index is 228. The molecule has 0 rings (SSSR count). The largest absolute Gasteiger partial charge is 0.479 e. The molecule has 0 heterocycles. The smallest absolute Gasteiger partial charge is 0.335 e. The van der Waals surface area contributed by atoms with Crippen LogP contribution >= 0.6 is 0 Å². The summed E-state index contributed by atoms with van der Waals surface area (Å²) in [6.45, 7) is 4.30. The summed E-state index contributed by atoms with van der Waals surface area (Å²) in [5.74, 6) is -1.04. The van der Waals surface area contributed by atoms with Crippen LogP contribution in [0, 0.1) is 0 Å². The van der Waals surface area contributed by atoms with E-state index in [4.69, 9.17) is 0 Å². The Balaban J connectivity index is 3.85. The van der Waals surface area contributed by atoms with Crippen molar-refractivity contribution in [3.05, 3.63) is 0 Å². The standard InChI is InChI=1S/C16H32O3/c1-3-5-7-9-10-12-14-16(19,15(17)18)13-11-8-6-4-2/h19H,3-14H2,1-2H3,(H,17,18). The van der Waals surface area contributed by atoms with Gasteiger partial charge in [-0.05, 0) is 25.7 Å². The summed E-state index contributed by atoms with van der Waals surface area (Å²) in [4.78, 5) is 11.2. The molecule has 2 N–H and O–H groups in total. The van der Waals surface area contributed by atoms with E-state index >= 15 is 0 Å². The summed E-state index contributed by atoms with van der Waals surface area (Å²) in [6, 6.07) is 0. The second kappa shape index (κ2) is 11.3. The number of carboxylic acid groups (broad SMARTS) is 1. The lowest BCUT2D eigenvalue weighted by molar-refractivity contribution is -0.160. The zero-order valence-electron chi connectivity index (χ0n) is 12.8. The third kappa shape index (κ3) is 9.04. The van der Waals surface area contributed by atoms with Gasteiger partial charge in [-0.1, -0.05) is 65.2 Å². The average molecular weight is 272 g/mol. The third-order valence-corrected chi connectivity index (χ3v) is 3.79. The van der Waals surface area contributed by atoms with Crippen molar-refractivity contribution in [2.24, 2.45) is 0 Å². The van der Waals surface area contributed by atoms with Crippen LogP contribution in [0.25, 0.3) is 0 Å². The van der Waals surface area contributed by atoms with Crippen LogP contribution in [0.1, 0.15) is 90.9 Å². The van der Waals surface area contributed by atoms with E-state index in [1.54, 1.807) is 0 Å². The number of carboxylic acids is 1. The molecular formula is C16H32O3. The molecule has 0 aliphatic rings. The highest BCUT2D eigenvalue weighted by Gasteiger charge is 2.34. The second-order valence-electron chi connectivity index (χ2n) is 5.67. The summed E-state index contributed by atoms with van der Waals surface area (Å²) in [5, 5.41) is 19.4. The van der Waals surface area contributed by atoms with Crippen LogP contribution in [0.5, 0.6) is 0 Å². The molecule has 3 heteroatoms. The maximum absolute atomic E-state index is 11.2. The molecular weight excluding hydrogens is 240 g/mol. The highest BCUT2D eigenvalue weighted by molar-refractivity contribution is 5.76. The van der Waals surface area contributed by atoms with Crippen LogP contribution < -0.4 is 0 Å². The summed E-state index contributed by atoms with van der Waals surface area (Å²) >= 11 is 0. The number of carbonyl (C=O) groups is 1. The normalized spacial score (nSPS) is 14.3. The molecule has 0 amide bonds. The first-order valence-electron chi connectivity index (χ1n) is 8.02. The van der Waals surface area contributed by atoms with E-state index in [0.29, 0.717) is 12.8 Å². The van der Waals surface area contributed by atoms with Crippen molar-refractivity contribution in [3.63, 3.8) is 0 Å². The van der Waals surface area contributed by atoms with Gasteiger partial charge >= 0.3 is 5.97 Å². The van der Waals surface area contributed by atoms with Crippen LogP contribution in [0.4, 0.5) is 0 Å². The van der Waals surface area contributed by atoms with Crippen molar-refractivity contribution in [1.29, 1.82) is 0 Å². The van der Waals surface area contributed by atoms with Crippen molar-refractivity contribution in [2.45, 2.75) is 96.5 Å². The summed E-state index contributed by atoms with van der Waals surface area (Å²) in [7, 11) is 0. The Kier molecular flexibility index (Phi) is 10.9. The number of aliphatic carboxylic acids is 1. The third-order valence-electron chi connectivity index (χ3n) is 3.79. The fourth-order valence-electron chi connectivity index (χ4n) is 2.38. The Morgan fingerprint density at radius 2 is 1.16 bits per heavy atom. The van der Waals surface area contributed by atoms with E-state index in [9.17, 15) is 15.0 Å². The van der Waals surface area contributed by atoms with Crippen molar-refractivity contribution in [3.8, 4) is 0 Å². The number of hydrogen-bond acceptors (Lipinski definition) is 2. The van der Waals surface area contributed by atoms with Gasteiger partial charge in [-0.2, -0.15) is 0 Å². The van der Waals surface area contributed by atoms with Gasteiger partial charge < -0.3 is 10.2 Å². The van der Waals surface area contributed by atoms with Crippen molar-refractivity contribution in [1.82, 2.24) is 0 Å². The summed E-state index contributed by atoms with van der Waals surface area (Å²) in [5.41, 5.74) is -1.49. The van der Waals surface area contributed by atoms with Crippen LogP contribution in [-0.4, -0.2) is 21.8 Å². The molecule has 0 radical (unpaired) electrons. The highest BCUT2D eigenvalue weighted by atomic mass is 16.4. The molecule has 0 aromatic carbocycles. The van der Waals surface area contributed by atoms with E-state index in [1.807, 2.05) is 0 Å². The lowest BCUT2D eigenvalue weighted by Crippen LogP contribution is -2.38. The summed E-state index contributed by atoms with van der Waals surface area (Å²) < 4.78 is 0. The molecule has 0 aromatic heterocycles. The Hall–Kier alpha value is -0.570. The van der Waals surface area contributed by atoms with Gasteiger partial charge in [-0.25, -0.2) is 4.79 Å². The van der Waals surface area contributed by atoms with Crippen LogP contribution in [0.15, 0.2) is 0 Å². The number of unbranched alkanes of at least 4 members (excludes halogenated alkanes) is 8. The fraction of sp³-hybridized carbons (Fsp3) is 0.938. The van der Waals surface area contributed by atoms with Crippen LogP contribution in [0.3, 0.4) is 0 Å². The van der Waals surface area contributed by atoms with Crippen LogP contribution in [-0.2, 0) is 4.79 Å². The molecule has 0 saturated heterocycles. The van der Waals surface area contributed by atoms with Gasteiger partial charge in [0.15, 0.2) is 5.60 Å². The molecule has 0 fully saturated rings. The van der Waals surface area contributed by atoms with Gasteiger partial charge in [-0.15, -0.1) is 0 Å². The molecule has 0 aliphatic carbocycles. The minimum absolute atomic E-state index is 0.400. The van der Waals surface area contributed by atoms with Gasteiger partial charge in [0.25, 0.3) is 0 Å². The van der Waals surface area contributed by atoms with Crippen molar-refractivity contribution >= 4 is 5.97 Å². The SMILES string of the molecule is CCCCCCCCC(O)(CCCCCC)C(=O)O. The first kappa shape index (κ1) is 18.4. The van der Waals surface area contributed by atoms with Gasteiger partial charge in [0, 0.05) is 0 Å². The lowest BCUT2D eigenvalue weighted by atomic mass is 9.90. The Morgan fingerprint density at radius 3 is 1.58 bits per heavy atom. The molecule has 0 aromatic rings. The molecule has 0 saturated carbocycles. The average Bonchev–Trinajstić information content (AvgIpc) is 2.38. The number of aliphatic hydroxyl groups is 1. The van der Waals surface area contributed by atoms with Crippen molar-refractivity contribution < 1.29 is 15.0 Å².